The van der Waals surface area contributed by atoms with Gasteiger partial charge in [0.2, 0.25) is 5.91 Å². The third kappa shape index (κ3) is 2.51. The quantitative estimate of drug-likeness (QED) is 0.658. The van der Waals surface area contributed by atoms with Crippen LogP contribution in [0.25, 0.3) is 0 Å². The highest BCUT2D eigenvalue weighted by molar-refractivity contribution is 7.91. The molecule has 15 heavy (non-hydrogen) atoms. The Hall–Kier alpha value is -0.580. The first-order valence-electron chi connectivity index (χ1n) is 5.58. The molecular weight excluding hydrogens is 214 g/mol. The van der Waals surface area contributed by atoms with Crippen molar-refractivity contribution >= 4 is 15.7 Å². The lowest BCUT2D eigenvalue weighted by atomic mass is 10.0. The summed E-state index contributed by atoms with van der Waals surface area (Å²) in [6.45, 7) is 1.63. The van der Waals surface area contributed by atoms with Crippen LogP contribution in [0.5, 0.6) is 0 Å². The van der Waals surface area contributed by atoms with Gasteiger partial charge in [0.25, 0.3) is 0 Å². The van der Waals surface area contributed by atoms with Crippen LogP contribution in [0.2, 0.25) is 0 Å². The molecule has 2 aliphatic rings. The molecular formula is C10H17NO3S. The standard InChI is InChI=1S/C10H17NO3S/c12-10(11-5-2-1-3-6-11)9-4-7-15(13,14)8-9/h9H,1-8H2. The van der Waals surface area contributed by atoms with Gasteiger partial charge < -0.3 is 4.90 Å². The van der Waals surface area contributed by atoms with E-state index in [1.807, 2.05) is 4.90 Å². The number of sulfone groups is 1. The van der Waals surface area contributed by atoms with Crippen molar-refractivity contribution in [2.75, 3.05) is 24.6 Å². The van der Waals surface area contributed by atoms with Gasteiger partial charge >= 0.3 is 0 Å². The molecule has 2 saturated heterocycles. The van der Waals surface area contributed by atoms with E-state index >= 15 is 0 Å². The third-order valence-corrected chi connectivity index (χ3v) is 5.02. The van der Waals surface area contributed by atoms with E-state index in [0.717, 1.165) is 25.9 Å². The molecule has 0 aromatic rings. The topological polar surface area (TPSA) is 54.5 Å². The van der Waals surface area contributed by atoms with Crippen molar-refractivity contribution in [3.63, 3.8) is 0 Å². The number of likely N-dealkylation sites (tertiary alicyclic amines) is 1. The maximum Gasteiger partial charge on any atom is 0.226 e. The molecule has 0 radical (unpaired) electrons. The summed E-state index contributed by atoms with van der Waals surface area (Å²) in [4.78, 5) is 13.8. The highest BCUT2D eigenvalue weighted by Gasteiger charge is 2.35. The van der Waals surface area contributed by atoms with Crippen LogP contribution in [0, 0.1) is 5.92 Å². The molecule has 2 fully saturated rings. The minimum Gasteiger partial charge on any atom is -0.342 e. The van der Waals surface area contributed by atoms with Crippen LogP contribution in [-0.4, -0.2) is 43.8 Å². The number of nitrogens with zero attached hydrogens (tertiary/aromatic N) is 1. The van der Waals surface area contributed by atoms with Gasteiger partial charge in [-0.05, 0) is 25.7 Å². The average molecular weight is 231 g/mol. The van der Waals surface area contributed by atoms with Crippen LogP contribution in [-0.2, 0) is 14.6 Å². The maximum absolute atomic E-state index is 11.9. The number of amides is 1. The summed E-state index contributed by atoms with van der Waals surface area (Å²) >= 11 is 0. The molecule has 0 bridgehead atoms. The molecule has 1 amide bonds. The summed E-state index contributed by atoms with van der Waals surface area (Å²) in [5, 5.41) is 0. The Kier molecular flexibility index (Phi) is 3.00. The number of piperidine rings is 1. The van der Waals surface area contributed by atoms with Gasteiger partial charge in [-0.1, -0.05) is 0 Å². The first-order valence-corrected chi connectivity index (χ1v) is 7.40. The van der Waals surface area contributed by atoms with E-state index in [2.05, 4.69) is 0 Å². The summed E-state index contributed by atoms with van der Waals surface area (Å²) in [7, 11) is -2.93. The molecule has 0 spiro atoms. The van der Waals surface area contributed by atoms with Crippen molar-refractivity contribution in [1.82, 2.24) is 4.90 Å². The van der Waals surface area contributed by atoms with Crippen LogP contribution in [0.3, 0.4) is 0 Å². The van der Waals surface area contributed by atoms with E-state index in [-0.39, 0.29) is 23.3 Å². The lowest BCUT2D eigenvalue weighted by molar-refractivity contribution is -0.135. The second-order valence-electron chi connectivity index (χ2n) is 4.49. The largest absolute Gasteiger partial charge is 0.342 e. The predicted molar refractivity (Wildman–Crippen MR) is 57.2 cm³/mol. The van der Waals surface area contributed by atoms with Gasteiger partial charge in [-0.3, -0.25) is 4.79 Å². The molecule has 4 nitrogen and oxygen atoms in total. The van der Waals surface area contributed by atoms with Crippen molar-refractivity contribution in [2.24, 2.45) is 5.92 Å². The van der Waals surface area contributed by atoms with E-state index in [4.69, 9.17) is 0 Å². The molecule has 1 unspecified atom stereocenters. The number of carbonyl (C=O) groups excluding carboxylic acids is 1. The molecule has 0 N–H and O–H groups in total. The van der Waals surface area contributed by atoms with Crippen LogP contribution in [0.4, 0.5) is 0 Å². The van der Waals surface area contributed by atoms with Crippen LogP contribution < -0.4 is 0 Å². The van der Waals surface area contributed by atoms with Crippen LogP contribution in [0.15, 0.2) is 0 Å². The fraction of sp³-hybridized carbons (Fsp3) is 0.900. The maximum atomic E-state index is 11.9. The first kappa shape index (κ1) is 10.9. The molecule has 2 rings (SSSR count). The Balaban J connectivity index is 1.96. The van der Waals surface area contributed by atoms with Crippen molar-refractivity contribution in [3.05, 3.63) is 0 Å². The molecule has 0 saturated carbocycles. The van der Waals surface area contributed by atoms with E-state index in [0.29, 0.717) is 6.42 Å². The Morgan fingerprint density at radius 2 is 1.80 bits per heavy atom. The van der Waals surface area contributed by atoms with E-state index in [1.165, 1.54) is 6.42 Å². The van der Waals surface area contributed by atoms with Crippen molar-refractivity contribution in [1.29, 1.82) is 0 Å². The number of carbonyl (C=O) groups is 1. The lowest BCUT2D eigenvalue weighted by Gasteiger charge is -2.28. The van der Waals surface area contributed by atoms with Gasteiger partial charge in [-0.2, -0.15) is 0 Å². The van der Waals surface area contributed by atoms with Crippen molar-refractivity contribution < 1.29 is 13.2 Å². The molecule has 0 aromatic heterocycles. The van der Waals surface area contributed by atoms with Crippen LogP contribution in [0.1, 0.15) is 25.7 Å². The van der Waals surface area contributed by atoms with Gasteiger partial charge in [0.15, 0.2) is 9.84 Å². The molecule has 86 valence electrons. The minimum atomic E-state index is -2.93. The second-order valence-corrected chi connectivity index (χ2v) is 6.71. The Labute approximate surface area is 90.6 Å². The van der Waals surface area contributed by atoms with Gasteiger partial charge in [0.05, 0.1) is 17.4 Å². The highest BCUT2D eigenvalue weighted by Crippen LogP contribution is 2.22. The summed E-state index contributed by atoms with van der Waals surface area (Å²) < 4.78 is 22.5. The van der Waals surface area contributed by atoms with Gasteiger partial charge in [0, 0.05) is 13.1 Å². The lowest BCUT2D eigenvalue weighted by Crippen LogP contribution is -2.40. The fourth-order valence-corrected chi connectivity index (χ4v) is 4.09. The van der Waals surface area contributed by atoms with Gasteiger partial charge in [0.1, 0.15) is 0 Å². The fourth-order valence-electron chi connectivity index (χ4n) is 2.36. The number of rotatable bonds is 1. The Morgan fingerprint density at radius 3 is 2.33 bits per heavy atom. The second kappa shape index (κ2) is 4.12. The number of hydrogen-bond acceptors (Lipinski definition) is 3. The zero-order valence-electron chi connectivity index (χ0n) is 8.81. The number of hydrogen-bond donors (Lipinski definition) is 0. The van der Waals surface area contributed by atoms with E-state index in [1.54, 1.807) is 0 Å². The summed E-state index contributed by atoms with van der Waals surface area (Å²) in [6, 6.07) is 0. The van der Waals surface area contributed by atoms with Gasteiger partial charge in [-0.15, -0.1) is 0 Å². The SMILES string of the molecule is O=C(C1CCS(=O)(=O)C1)N1CCCCC1. The smallest absolute Gasteiger partial charge is 0.226 e. The molecule has 1 atom stereocenters. The Morgan fingerprint density at radius 1 is 1.13 bits per heavy atom. The predicted octanol–water partition coefficient (Wildman–Crippen LogP) is 0.434. The van der Waals surface area contributed by atoms with E-state index < -0.39 is 9.84 Å². The zero-order chi connectivity index (χ0) is 10.9. The van der Waals surface area contributed by atoms with Gasteiger partial charge in [-0.25, -0.2) is 8.42 Å². The molecule has 2 aliphatic heterocycles. The van der Waals surface area contributed by atoms with Crippen molar-refractivity contribution in [2.45, 2.75) is 25.7 Å². The monoisotopic (exact) mass is 231 g/mol. The molecule has 2 heterocycles. The minimum absolute atomic E-state index is 0.0655. The highest BCUT2D eigenvalue weighted by atomic mass is 32.2. The summed E-state index contributed by atoms with van der Waals surface area (Å²) in [5.74, 6) is 0.0726. The summed E-state index contributed by atoms with van der Waals surface area (Å²) in [5.41, 5.74) is 0. The van der Waals surface area contributed by atoms with Crippen LogP contribution >= 0.6 is 0 Å². The average Bonchev–Trinajstić information content (AvgIpc) is 2.59. The van der Waals surface area contributed by atoms with E-state index in [9.17, 15) is 13.2 Å². The molecule has 0 aliphatic carbocycles. The summed E-state index contributed by atoms with van der Waals surface area (Å²) in [6.07, 6.45) is 3.83. The first-order chi connectivity index (χ1) is 7.08. The normalized spacial score (nSPS) is 30.4. The third-order valence-electron chi connectivity index (χ3n) is 3.25. The molecule has 5 heteroatoms. The zero-order valence-corrected chi connectivity index (χ0v) is 9.63. The van der Waals surface area contributed by atoms with Crippen molar-refractivity contribution in [3.8, 4) is 0 Å². The Bertz CT molecular complexity index is 344. The molecule has 0 aromatic carbocycles.